The van der Waals surface area contributed by atoms with Gasteiger partial charge in [0.1, 0.15) is 22.9 Å². The lowest BCUT2D eigenvalue weighted by Gasteiger charge is -2.41. The van der Waals surface area contributed by atoms with Crippen LogP contribution < -0.4 is 11.1 Å². The Morgan fingerprint density at radius 1 is 1.31 bits per heavy atom. The fourth-order valence-corrected chi connectivity index (χ4v) is 3.22. The lowest BCUT2D eigenvalue weighted by molar-refractivity contribution is -0.249. The monoisotopic (exact) mass is 449 g/mol. The van der Waals surface area contributed by atoms with Crippen LogP contribution in [0.3, 0.4) is 0 Å². The van der Waals surface area contributed by atoms with Crippen molar-refractivity contribution in [2.24, 2.45) is 10.7 Å². The summed E-state index contributed by atoms with van der Waals surface area (Å²) >= 11 is 0. The van der Waals surface area contributed by atoms with Crippen molar-refractivity contribution < 1.29 is 27.1 Å². The van der Waals surface area contributed by atoms with Crippen molar-refractivity contribution in [3.63, 3.8) is 0 Å². The van der Waals surface area contributed by atoms with E-state index >= 15 is 0 Å². The molecule has 0 saturated carbocycles. The second-order valence-corrected chi connectivity index (χ2v) is 7.68. The van der Waals surface area contributed by atoms with Crippen LogP contribution >= 0.6 is 0 Å². The molecule has 0 aliphatic carbocycles. The number of aliphatic imine (C=N–C) groups is 1. The first kappa shape index (κ1) is 23.1. The molecule has 1 amide bonds. The van der Waals surface area contributed by atoms with Crippen LogP contribution in [0.2, 0.25) is 0 Å². The van der Waals surface area contributed by atoms with Crippen LogP contribution in [-0.4, -0.2) is 35.1 Å². The van der Waals surface area contributed by atoms with Crippen molar-refractivity contribution >= 4 is 17.4 Å². The van der Waals surface area contributed by atoms with Gasteiger partial charge in [0.15, 0.2) is 0 Å². The van der Waals surface area contributed by atoms with E-state index < -0.39 is 41.5 Å². The number of hydrogen-bond donors (Lipinski definition) is 2. The van der Waals surface area contributed by atoms with E-state index in [2.05, 4.69) is 15.3 Å². The van der Waals surface area contributed by atoms with E-state index in [9.17, 15) is 22.4 Å². The third-order valence-corrected chi connectivity index (χ3v) is 5.38. The molecule has 0 saturated heterocycles. The van der Waals surface area contributed by atoms with Gasteiger partial charge in [0, 0.05) is 17.4 Å². The molecule has 0 bridgehead atoms. The highest BCUT2D eigenvalue weighted by Gasteiger charge is 2.59. The summed E-state index contributed by atoms with van der Waals surface area (Å²) in [5.41, 5.74) is 1.91. The summed E-state index contributed by atoms with van der Waals surface area (Å²) < 4.78 is 59.6. The van der Waals surface area contributed by atoms with Crippen molar-refractivity contribution in [2.75, 3.05) is 11.9 Å². The van der Waals surface area contributed by atoms with Crippen molar-refractivity contribution in [1.82, 2.24) is 4.98 Å². The quantitative estimate of drug-likeness (QED) is 0.696. The molecule has 1 aliphatic heterocycles. The molecule has 3 rings (SSSR count). The van der Waals surface area contributed by atoms with E-state index in [1.54, 1.807) is 6.92 Å². The molecule has 2 aromatic rings. The van der Waals surface area contributed by atoms with Gasteiger partial charge < -0.3 is 15.8 Å². The average Bonchev–Trinajstić information content (AvgIpc) is 2.71. The molecule has 7 nitrogen and oxygen atoms in total. The molecule has 2 heterocycles. The zero-order chi connectivity index (χ0) is 23.9. The van der Waals surface area contributed by atoms with E-state index in [4.69, 9.17) is 15.7 Å². The minimum Gasteiger partial charge on any atom is -0.385 e. The number of nitrogens with one attached hydrogen (secondary N) is 1. The largest absolute Gasteiger partial charge is 0.424 e. The predicted octanol–water partition coefficient (Wildman–Crippen LogP) is 3.58. The number of nitrogens with two attached hydrogens (primary N) is 1. The van der Waals surface area contributed by atoms with E-state index in [-0.39, 0.29) is 22.5 Å². The van der Waals surface area contributed by atoms with Gasteiger partial charge in [-0.15, -0.1) is 0 Å². The Morgan fingerprint density at radius 2 is 2.00 bits per heavy atom. The molecule has 2 unspecified atom stereocenters. The molecule has 0 radical (unpaired) electrons. The van der Waals surface area contributed by atoms with Crippen LogP contribution in [0.25, 0.3) is 0 Å². The van der Waals surface area contributed by atoms with Crippen LogP contribution in [0.15, 0.2) is 35.5 Å². The fraction of sp³-hybridized carbons (Fsp3) is 0.333. The maximum absolute atomic E-state index is 14.6. The van der Waals surface area contributed by atoms with Crippen molar-refractivity contribution in [3.05, 3.63) is 58.7 Å². The smallest absolute Gasteiger partial charge is 0.385 e. The standard InChI is InChI=1S/C21H19F4N5O2/c1-11-12(9-26)6-7-28-16(11)17(31)29-13-4-5-15(22)14(8-13)19(2)10-32-20(3,18(27)30-19)21(23,24)25/h4-8H,10H2,1-3H3,(H2,27,30)(H,29,31). The molecule has 1 aromatic heterocycles. The van der Waals surface area contributed by atoms with Gasteiger partial charge in [0.2, 0.25) is 5.60 Å². The minimum atomic E-state index is -4.81. The number of amides is 1. The van der Waals surface area contributed by atoms with Gasteiger partial charge in [-0.2, -0.15) is 18.4 Å². The first-order valence-corrected chi connectivity index (χ1v) is 9.36. The molecule has 11 heteroatoms. The number of aromatic nitrogens is 1. The molecule has 0 spiro atoms. The van der Waals surface area contributed by atoms with Crippen LogP contribution in [0.4, 0.5) is 23.2 Å². The number of hydrogen-bond acceptors (Lipinski definition) is 6. The summed E-state index contributed by atoms with van der Waals surface area (Å²) in [7, 11) is 0. The van der Waals surface area contributed by atoms with E-state index in [0.29, 0.717) is 5.56 Å². The number of benzene rings is 1. The number of amidine groups is 1. The Labute approximate surface area is 180 Å². The predicted molar refractivity (Wildman–Crippen MR) is 107 cm³/mol. The highest BCUT2D eigenvalue weighted by molar-refractivity contribution is 6.04. The van der Waals surface area contributed by atoms with Gasteiger partial charge in [-0.1, -0.05) is 0 Å². The SMILES string of the molecule is Cc1c(C#N)ccnc1C(=O)Nc1ccc(F)c(C2(C)COC(C)(C(F)(F)F)C(N)=N2)c1. The summed E-state index contributed by atoms with van der Waals surface area (Å²) in [6, 6.07) is 6.98. The van der Waals surface area contributed by atoms with Crippen LogP contribution in [0, 0.1) is 24.1 Å². The summed E-state index contributed by atoms with van der Waals surface area (Å²) in [5, 5.41) is 11.7. The number of alkyl halides is 3. The number of nitrogens with zero attached hydrogens (tertiary/aromatic N) is 3. The molecule has 168 valence electrons. The zero-order valence-corrected chi connectivity index (χ0v) is 17.3. The van der Waals surface area contributed by atoms with Gasteiger partial charge in [-0.3, -0.25) is 14.8 Å². The number of rotatable bonds is 3. The summed E-state index contributed by atoms with van der Waals surface area (Å²) in [5.74, 6) is -2.24. The number of halogens is 4. The molecule has 3 N–H and O–H groups in total. The van der Waals surface area contributed by atoms with E-state index in [1.807, 2.05) is 6.07 Å². The van der Waals surface area contributed by atoms with Gasteiger partial charge in [-0.25, -0.2) is 4.39 Å². The van der Waals surface area contributed by atoms with Crippen molar-refractivity contribution in [3.8, 4) is 6.07 Å². The lowest BCUT2D eigenvalue weighted by atomic mass is 9.89. The first-order chi connectivity index (χ1) is 14.8. The normalized spacial score (nSPS) is 23.2. The van der Waals surface area contributed by atoms with Gasteiger partial charge >= 0.3 is 6.18 Å². The maximum atomic E-state index is 14.6. The first-order valence-electron chi connectivity index (χ1n) is 9.36. The molecule has 32 heavy (non-hydrogen) atoms. The van der Waals surface area contributed by atoms with Crippen molar-refractivity contribution in [2.45, 2.75) is 38.1 Å². The number of nitriles is 1. The Kier molecular flexibility index (Phi) is 5.69. The van der Waals surface area contributed by atoms with Crippen molar-refractivity contribution in [1.29, 1.82) is 5.26 Å². The Morgan fingerprint density at radius 3 is 2.59 bits per heavy atom. The topological polar surface area (TPSA) is 113 Å². The highest BCUT2D eigenvalue weighted by atomic mass is 19.4. The number of ether oxygens (including phenoxy) is 1. The molecule has 0 fully saturated rings. The highest BCUT2D eigenvalue weighted by Crippen LogP contribution is 2.41. The Bertz CT molecular complexity index is 1160. The second kappa shape index (κ2) is 7.87. The van der Waals surface area contributed by atoms with Gasteiger partial charge in [-0.05, 0) is 50.6 Å². The van der Waals surface area contributed by atoms with Gasteiger partial charge in [0.25, 0.3) is 5.91 Å². The van der Waals surface area contributed by atoms with E-state index in [1.165, 1.54) is 31.3 Å². The average molecular weight is 449 g/mol. The van der Waals surface area contributed by atoms with E-state index in [0.717, 1.165) is 13.0 Å². The van der Waals surface area contributed by atoms with Crippen LogP contribution in [0.1, 0.15) is 41.0 Å². The Balaban J connectivity index is 1.95. The fourth-order valence-electron chi connectivity index (χ4n) is 3.22. The number of pyridine rings is 1. The summed E-state index contributed by atoms with van der Waals surface area (Å²) in [6.45, 7) is 3.10. The number of anilines is 1. The number of carbonyl (C=O) groups excluding carboxylic acids is 1. The number of carbonyl (C=O) groups is 1. The summed E-state index contributed by atoms with van der Waals surface area (Å²) in [6.07, 6.45) is -3.49. The zero-order valence-electron chi connectivity index (χ0n) is 17.3. The van der Waals surface area contributed by atoms with Gasteiger partial charge in [0.05, 0.1) is 18.2 Å². The molecule has 2 atom stereocenters. The molecule has 1 aromatic carbocycles. The van der Waals surface area contributed by atoms with Crippen LogP contribution in [-0.2, 0) is 10.3 Å². The summed E-state index contributed by atoms with van der Waals surface area (Å²) in [4.78, 5) is 20.5. The second-order valence-electron chi connectivity index (χ2n) is 7.68. The molecule has 1 aliphatic rings. The molecular formula is C21H19F4N5O2. The lowest BCUT2D eigenvalue weighted by Crippen LogP contribution is -2.60. The third-order valence-electron chi connectivity index (χ3n) is 5.38. The minimum absolute atomic E-state index is 0.00495. The maximum Gasteiger partial charge on any atom is 0.424 e. The van der Waals surface area contributed by atoms with Crippen LogP contribution in [0.5, 0.6) is 0 Å². The molecular weight excluding hydrogens is 430 g/mol. The third kappa shape index (κ3) is 3.89. The Hall–Kier alpha value is -3.52.